The maximum absolute atomic E-state index is 11.7. The van der Waals surface area contributed by atoms with Gasteiger partial charge in [-0.15, -0.1) is 0 Å². The topological polar surface area (TPSA) is 59.2 Å². The van der Waals surface area contributed by atoms with Crippen molar-refractivity contribution >= 4 is 5.91 Å². The summed E-state index contributed by atoms with van der Waals surface area (Å²) in [6.07, 6.45) is 4.84. The maximum atomic E-state index is 11.7. The van der Waals surface area contributed by atoms with Crippen LogP contribution < -0.4 is 5.73 Å². The quantitative estimate of drug-likeness (QED) is 0.883. The van der Waals surface area contributed by atoms with E-state index in [1.54, 1.807) is 6.20 Å². The molecule has 1 atom stereocenters. The molecular weight excluding hydrogens is 226 g/mol. The van der Waals surface area contributed by atoms with Crippen LogP contribution in [0.15, 0.2) is 18.3 Å². The SMILES string of the molecule is Cc1ncccc1CN1CCCC[C@@]1(C)C(N)=O. The molecule has 0 aromatic carbocycles. The molecular formula is C14H21N3O. The first-order valence-corrected chi connectivity index (χ1v) is 6.49. The van der Waals surface area contributed by atoms with E-state index in [2.05, 4.69) is 16.0 Å². The van der Waals surface area contributed by atoms with Crippen molar-refractivity contribution in [2.24, 2.45) is 5.73 Å². The number of piperidine rings is 1. The minimum Gasteiger partial charge on any atom is -0.368 e. The van der Waals surface area contributed by atoms with Gasteiger partial charge in [-0.3, -0.25) is 14.7 Å². The zero-order valence-electron chi connectivity index (χ0n) is 11.1. The highest BCUT2D eigenvalue weighted by atomic mass is 16.1. The van der Waals surface area contributed by atoms with Crippen LogP contribution in [0.1, 0.15) is 37.4 Å². The number of aromatic nitrogens is 1. The van der Waals surface area contributed by atoms with Crippen LogP contribution in [0.5, 0.6) is 0 Å². The largest absolute Gasteiger partial charge is 0.368 e. The van der Waals surface area contributed by atoms with E-state index < -0.39 is 5.54 Å². The van der Waals surface area contributed by atoms with Gasteiger partial charge in [-0.05, 0) is 51.3 Å². The number of carbonyl (C=O) groups excluding carboxylic acids is 1. The molecule has 1 fully saturated rings. The van der Waals surface area contributed by atoms with E-state index >= 15 is 0 Å². The third-order valence-electron chi connectivity index (χ3n) is 4.05. The first kappa shape index (κ1) is 13.0. The van der Waals surface area contributed by atoms with E-state index in [0.717, 1.165) is 38.0 Å². The fraction of sp³-hybridized carbons (Fsp3) is 0.571. The highest BCUT2D eigenvalue weighted by Gasteiger charge is 2.39. The Morgan fingerprint density at radius 2 is 2.33 bits per heavy atom. The molecule has 1 saturated heterocycles. The standard InChI is InChI=1S/C14H21N3O/c1-11-12(6-5-8-16-11)10-17-9-4-3-7-14(17,2)13(15)18/h5-6,8H,3-4,7,9-10H2,1-2H3,(H2,15,18)/t14-/m0/s1. The van der Waals surface area contributed by atoms with Crippen molar-refractivity contribution in [2.75, 3.05) is 6.54 Å². The highest BCUT2D eigenvalue weighted by Crippen LogP contribution is 2.29. The van der Waals surface area contributed by atoms with E-state index in [1.807, 2.05) is 19.9 Å². The smallest absolute Gasteiger partial charge is 0.237 e. The summed E-state index contributed by atoms with van der Waals surface area (Å²) in [4.78, 5) is 18.2. The average molecular weight is 247 g/mol. The first-order valence-electron chi connectivity index (χ1n) is 6.49. The van der Waals surface area contributed by atoms with Gasteiger partial charge in [0.1, 0.15) is 0 Å². The Kier molecular flexibility index (Phi) is 3.66. The Bertz CT molecular complexity index is 446. The Morgan fingerprint density at radius 1 is 1.56 bits per heavy atom. The number of rotatable bonds is 3. The predicted molar refractivity (Wildman–Crippen MR) is 70.8 cm³/mol. The van der Waals surface area contributed by atoms with Gasteiger partial charge in [0.25, 0.3) is 0 Å². The summed E-state index contributed by atoms with van der Waals surface area (Å²) >= 11 is 0. The Hall–Kier alpha value is -1.42. The summed E-state index contributed by atoms with van der Waals surface area (Å²) in [5, 5.41) is 0. The fourth-order valence-electron chi connectivity index (χ4n) is 2.60. The van der Waals surface area contributed by atoms with E-state index in [9.17, 15) is 4.79 Å². The predicted octanol–water partition coefficient (Wildman–Crippen LogP) is 1.62. The van der Waals surface area contributed by atoms with Crippen LogP contribution in [0.2, 0.25) is 0 Å². The van der Waals surface area contributed by atoms with Gasteiger partial charge in [-0.25, -0.2) is 0 Å². The molecule has 0 bridgehead atoms. The molecule has 4 nitrogen and oxygen atoms in total. The molecule has 2 N–H and O–H groups in total. The molecule has 98 valence electrons. The third kappa shape index (κ3) is 2.38. The van der Waals surface area contributed by atoms with Crippen molar-refractivity contribution in [3.05, 3.63) is 29.6 Å². The van der Waals surface area contributed by atoms with Crippen LogP contribution in [0.25, 0.3) is 0 Å². The molecule has 1 aromatic heterocycles. The molecule has 0 radical (unpaired) electrons. The number of pyridine rings is 1. The molecule has 0 saturated carbocycles. The fourth-order valence-corrected chi connectivity index (χ4v) is 2.60. The van der Waals surface area contributed by atoms with Crippen LogP contribution in [0.3, 0.4) is 0 Å². The lowest BCUT2D eigenvalue weighted by atomic mass is 9.87. The van der Waals surface area contributed by atoms with Crippen molar-refractivity contribution in [3.8, 4) is 0 Å². The maximum Gasteiger partial charge on any atom is 0.237 e. The molecule has 0 unspecified atom stereocenters. The monoisotopic (exact) mass is 247 g/mol. The number of nitrogens with zero attached hydrogens (tertiary/aromatic N) is 2. The van der Waals surface area contributed by atoms with Gasteiger partial charge < -0.3 is 5.73 Å². The van der Waals surface area contributed by atoms with Gasteiger partial charge in [0.05, 0.1) is 5.54 Å². The number of amides is 1. The molecule has 0 aliphatic carbocycles. The van der Waals surface area contributed by atoms with Crippen LogP contribution >= 0.6 is 0 Å². The second-order valence-corrected chi connectivity index (χ2v) is 5.26. The van der Waals surface area contributed by atoms with Gasteiger partial charge in [-0.1, -0.05) is 6.07 Å². The summed E-state index contributed by atoms with van der Waals surface area (Å²) < 4.78 is 0. The zero-order valence-corrected chi connectivity index (χ0v) is 11.1. The van der Waals surface area contributed by atoms with Crippen molar-refractivity contribution in [1.29, 1.82) is 0 Å². The summed E-state index contributed by atoms with van der Waals surface area (Å²) in [7, 11) is 0. The van der Waals surface area contributed by atoms with Crippen molar-refractivity contribution in [1.82, 2.24) is 9.88 Å². The number of hydrogen-bond donors (Lipinski definition) is 1. The summed E-state index contributed by atoms with van der Waals surface area (Å²) in [5.41, 5.74) is 7.27. The summed E-state index contributed by atoms with van der Waals surface area (Å²) in [6, 6.07) is 4.01. The Labute approximate surface area is 108 Å². The van der Waals surface area contributed by atoms with Crippen molar-refractivity contribution < 1.29 is 4.79 Å². The third-order valence-corrected chi connectivity index (χ3v) is 4.05. The minimum absolute atomic E-state index is 0.219. The molecule has 1 aromatic rings. The van der Waals surface area contributed by atoms with Crippen LogP contribution in [-0.2, 0) is 11.3 Å². The highest BCUT2D eigenvalue weighted by molar-refractivity contribution is 5.84. The van der Waals surface area contributed by atoms with Gasteiger partial charge >= 0.3 is 0 Å². The second-order valence-electron chi connectivity index (χ2n) is 5.26. The summed E-state index contributed by atoms with van der Waals surface area (Å²) in [5.74, 6) is -0.219. The van der Waals surface area contributed by atoms with Crippen molar-refractivity contribution in [2.45, 2.75) is 45.2 Å². The average Bonchev–Trinajstić information content (AvgIpc) is 2.34. The van der Waals surface area contributed by atoms with E-state index in [-0.39, 0.29) is 5.91 Å². The molecule has 2 heterocycles. The van der Waals surface area contributed by atoms with Crippen molar-refractivity contribution in [3.63, 3.8) is 0 Å². The van der Waals surface area contributed by atoms with Gasteiger partial charge in [0, 0.05) is 18.4 Å². The summed E-state index contributed by atoms with van der Waals surface area (Å²) in [6.45, 7) is 5.63. The van der Waals surface area contributed by atoms with Gasteiger partial charge in [-0.2, -0.15) is 0 Å². The van der Waals surface area contributed by atoms with E-state index in [4.69, 9.17) is 5.73 Å². The lowest BCUT2D eigenvalue weighted by molar-refractivity contribution is -0.132. The minimum atomic E-state index is -0.513. The van der Waals surface area contributed by atoms with E-state index in [0.29, 0.717) is 0 Å². The molecule has 1 aliphatic heterocycles. The number of aryl methyl sites for hydroxylation is 1. The number of carbonyl (C=O) groups is 1. The van der Waals surface area contributed by atoms with Crippen LogP contribution in [0.4, 0.5) is 0 Å². The number of likely N-dealkylation sites (tertiary alicyclic amines) is 1. The lowest BCUT2D eigenvalue weighted by Gasteiger charge is -2.42. The number of nitrogens with two attached hydrogens (primary N) is 1. The molecule has 2 rings (SSSR count). The molecule has 0 spiro atoms. The van der Waals surface area contributed by atoms with E-state index in [1.165, 1.54) is 5.56 Å². The normalized spacial score (nSPS) is 25.0. The molecule has 18 heavy (non-hydrogen) atoms. The first-order chi connectivity index (χ1) is 8.54. The lowest BCUT2D eigenvalue weighted by Crippen LogP contribution is -2.57. The van der Waals surface area contributed by atoms with Gasteiger partial charge in [0.15, 0.2) is 0 Å². The zero-order chi connectivity index (χ0) is 13.2. The molecule has 1 aliphatic rings. The molecule has 4 heteroatoms. The number of hydrogen-bond acceptors (Lipinski definition) is 3. The molecule has 1 amide bonds. The Morgan fingerprint density at radius 3 is 3.00 bits per heavy atom. The second kappa shape index (κ2) is 5.06. The number of primary amides is 1. The van der Waals surface area contributed by atoms with Crippen LogP contribution in [-0.4, -0.2) is 27.9 Å². The Balaban J connectivity index is 2.21. The van der Waals surface area contributed by atoms with Crippen LogP contribution in [0, 0.1) is 6.92 Å². The van der Waals surface area contributed by atoms with Gasteiger partial charge in [0.2, 0.25) is 5.91 Å².